The molecule has 20 heavy (non-hydrogen) atoms. The third kappa shape index (κ3) is 3.15. The van der Waals surface area contributed by atoms with Gasteiger partial charge in [-0.2, -0.15) is 0 Å². The van der Waals surface area contributed by atoms with Crippen molar-refractivity contribution in [1.29, 1.82) is 0 Å². The quantitative estimate of drug-likeness (QED) is 0.877. The van der Waals surface area contributed by atoms with Crippen molar-refractivity contribution in [2.24, 2.45) is 5.73 Å². The van der Waals surface area contributed by atoms with Gasteiger partial charge in [0, 0.05) is 18.9 Å². The summed E-state index contributed by atoms with van der Waals surface area (Å²) in [6.07, 6.45) is 3.49. The number of aromatic nitrogens is 1. The second kappa shape index (κ2) is 6.49. The summed E-state index contributed by atoms with van der Waals surface area (Å²) in [4.78, 5) is 4.06. The average molecular weight is 291 g/mol. The second-order valence-electron chi connectivity index (χ2n) is 4.24. The molecule has 0 saturated carbocycles. The van der Waals surface area contributed by atoms with E-state index in [1.54, 1.807) is 30.5 Å². The Labute approximate surface area is 119 Å². The van der Waals surface area contributed by atoms with Crippen LogP contribution in [0.3, 0.4) is 0 Å². The van der Waals surface area contributed by atoms with Crippen molar-refractivity contribution in [1.82, 2.24) is 4.98 Å². The minimum atomic E-state index is -3.61. The summed E-state index contributed by atoms with van der Waals surface area (Å²) < 4.78 is 26.7. The summed E-state index contributed by atoms with van der Waals surface area (Å²) in [5.41, 5.74) is 6.13. The Morgan fingerprint density at radius 2 is 1.85 bits per heavy atom. The SMILES string of the molecule is NCCCN(c1ccccc1)S(=O)(=O)c1cccnc1. The molecule has 1 aromatic carbocycles. The number of benzene rings is 1. The Balaban J connectivity index is 2.41. The molecule has 0 aliphatic rings. The molecule has 0 fully saturated rings. The first-order valence-electron chi connectivity index (χ1n) is 6.34. The minimum absolute atomic E-state index is 0.181. The van der Waals surface area contributed by atoms with Gasteiger partial charge < -0.3 is 5.73 Å². The molecule has 2 aromatic rings. The van der Waals surface area contributed by atoms with Gasteiger partial charge in [-0.15, -0.1) is 0 Å². The lowest BCUT2D eigenvalue weighted by atomic mass is 10.3. The number of anilines is 1. The predicted molar refractivity (Wildman–Crippen MR) is 78.9 cm³/mol. The first-order valence-corrected chi connectivity index (χ1v) is 7.78. The van der Waals surface area contributed by atoms with Crippen LogP contribution in [0.1, 0.15) is 6.42 Å². The fourth-order valence-corrected chi connectivity index (χ4v) is 3.31. The Morgan fingerprint density at radius 1 is 1.10 bits per heavy atom. The maximum atomic E-state index is 12.7. The Bertz CT molecular complexity index is 630. The third-order valence-electron chi connectivity index (χ3n) is 2.83. The van der Waals surface area contributed by atoms with Crippen LogP contribution in [0.2, 0.25) is 0 Å². The molecule has 106 valence electrons. The molecule has 0 spiro atoms. The molecular formula is C14H17N3O2S. The highest BCUT2D eigenvalue weighted by molar-refractivity contribution is 7.92. The summed E-state index contributed by atoms with van der Waals surface area (Å²) in [6, 6.07) is 12.2. The lowest BCUT2D eigenvalue weighted by Crippen LogP contribution is -2.33. The molecule has 0 atom stereocenters. The summed E-state index contributed by atoms with van der Waals surface area (Å²) in [5, 5.41) is 0. The molecule has 0 bridgehead atoms. The van der Waals surface area contributed by atoms with Crippen molar-refractivity contribution in [2.75, 3.05) is 17.4 Å². The van der Waals surface area contributed by atoms with Crippen molar-refractivity contribution in [3.05, 3.63) is 54.9 Å². The minimum Gasteiger partial charge on any atom is -0.330 e. The lowest BCUT2D eigenvalue weighted by molar-refractivity contribution is 0.589. The summed E-state index contributed by atoms with van der Waals surface area (Å²) in [7, 11) is -3.61. The Hall–Kier alpha value is -1.92. The highest BCUT2D eigenvalue weighted by Gasteiger charge is 2.24. The predicted octanol–water partition coefficient (Wildman–Crippen LogP) is 1.63. The van der Waals surface area contributed by atoms with Gasteiger partial charge in [0.05, 0.1) is 5.69 Å². The largest absolute Gasteiger partial charge is 0.330 e. The summed E-state index contributed by atoms with van der Waals surface area (Å²) >= 11 is 0. The molecule has 1 heterocycles. The zero-order valence-corrected chi connectivity index (χ0v) is 11.8. The lowest BCUT2D eigenvalue weighted by Gasteiger charge is -2.24. The van der Waals surface area contributed by atoms with E-state index in [0.29, 0.717) is 25.2 Å². The maximum Gasteiger partial charge on any atom is 0.265 e. The van der Waals surface area contributed by atoms with Crippen LogP contribution in [0, 0.1) is 0 Å². The molecule has 0 amide bonds. The third-order valence-corrected chi connectivity index (χ3v) is 4.64. The zero-order valence-electron chi connectivity index (χ0n) is 11.0. The number of nitrogens with zero attached hydrogens (tertiary/aromatic N) is 2. The average Bonchev–Trinajstić information content (AvgIpc) is 2.49. The van der Waals surface area contributed by atoms with E-state index in [9.17, 15) is 8.42 Å². The van der Waals surface area contributed by atoms with Crippen molar-refractivity contribution in [3.8, 4) is 0 Å². The van der Waals surface area contributed by atoms with Gasteiger partial charge in [0.15, 0.2) is 0 Å². The molecule has 0 aliphatic carbocycles. The molecule has 0 unspecified atom stereocenters. The molecule has 0 aliphatic heterocycles. The highest BCUT2D eigenvalue weighted by Crippen LogP contribution is 2.22. The maximum absolute atomic E-state index is 12.7. The molecule has 2 N–H and O–H groups in total. The molecular weight excluding hydrogens is 274 g/mol. The molecule has 5 nitrogen and oxygen atoms in total. The van der Waals surface area contributed by atoms with Crippen molar-refractivity contribution in [3.63, 3.8) is 0 Å². The van der Waals surface area contributed by atoms with Crippen LogP contribution in [0.25, 0.3) is 0 Å². The van der Waals surface area contributed by atoms with Gasteiger partial charge >= 0.3 is 0 Å². The van der Waals surface area contributed by atoms with E-state index in [-0.39, 0.29) is 4.90 Å². The number of nitrogens with two attached hydrogens (primary N) is 1. The summed E-state index contributed by atoms with van der Waals surface area (Å²) in [6.45, 7) is 0.781. The molecule has 1 aromatic heterocycles. The zero-order chi connectivity index (χ0) is 14.4. The monoisotopic (exact) mass is 291 g/mol. The number of hydrogen-bond acceptors (Lipinski definition) is 4. The van der Waals surface area contributed by atoms with E-state index < -0.39 is 10.0 Å². The van der Waals surface area contributed by atoms with Crippen LogP contribution in [0.5, 0.6) is 0 Å². The summed E-state index contributed by atoms with van der Waals surface area (Å²) in [5.74, 6) is 0. The number of hydrogen-bond donors (Lipinski definition) is 1. The fourth-order valence-electron chi connectivity index (χ4n) is 1.84. The van der Waals surface area contributed by atoms with Gasteiger partial charge in [0.1, 0.15) is 4.90 Å². The second-order valence-corrected chi connectivity index (χ2v) is 6.11. The van der Waals surface area contributed by atoms with Gasteiger partial charge in [-0.25, -0.2) is 8.42 Å². The van der Waals surface area contributed by atoms with Crippen LogP contribution in [-0.2, 0) is 10.0 Å². The van der Waals surface area contributed by atoms with E-state index in [0.717, 1.165) is 0 Å². The van der Waals surface area contributed by atoms with Gasteiger partial charge in [-0.1, -0.05) is 18.2 Å². The normalized spacial score (nSPS) is 11.2. The number of para-hydroxylation sites is 1. The Kier molecular flexibility index (Phi) is 4.70. The smallest absolute Gasteiger partial charge is 0.265 e. The van der Waals surface area contributed by atoms with Crippen molar-refractivity contribution < 1.29 is 8.42 Å². The van der Waals surface area contributed by atoms with Crippen LogP contribution >= 0.6 is 0 Å². The van der Waals surface area contributed by atoms with E-state index in [2.05, 4.69) is 4.98 Å². The van der Waals surface area contributed by atoms with Crippen molar-refractivity contribution >= 4 is 15.7 Å². The van der Waals surface area contributed by atoms with Crippen LogP contribution in [0.4, 0.5) is 5.69 Å². The topological polar surface area (TPSA) is 76.3 Å². The number of rotatable bonds is 6. The van der Waals surface area contributed by atoms with Gasteiger partial charge in [0.2, 0.25) is 0 Å². The standard InChI is InChI=1S/C14H17N3O2S/c15-9-5-11-17(13-6-2-1-3-7-13)20(18,19)14-8-4-10-16-12-14/h1-4,6-8,10,12H,5,9,11,15H2. The molecule has 0 saturated heterocycles. The van der Waals surface area contributed by atoms with E-state index in [1.165, 1.54) is 10.5 Å². The molecule has 0 radical (unpaired) electrons. The van der Waals surface area contributed by atoms with Crippen LogP contribution < -0.4 is 10.0 Å². The van der Waals surface area contributed by atoms with E-state index in [1.807, 2.05) is 18.2 Å². The first kappa shape index (κ1) is 14.5. The number of sulfonamides is 1. The van der Waals surface area contributed by atoms with Crippen molar-refractivity contribution in [2.45, 2.75) is 11.3 Å². The first-order chi connectivity index (χ1) is 9.66. The van der Waals surface area contributed by atoms with E-state index >= 15 is 0 Å². The van der Waals surface area contributed by atoms with Gasteiger partial charge in [0.25, 0.3) is 10.0 Å². The Morgan fingerprint density at radius 3 is 2.45 bits per heavy atom. The number of pyridine rings is 1. The fraction of sp³-hybridized carbons (Fsp3) is 0.214. The highest BCUT2D eigenvalue weighted by atomic mass is 32.2. The van der Waals surface area contributed by atoms with Gasteiger partial charge in [-0.3, -0.25) is 9.29 Å². The molecule has 6 heteroatoms. The van der Waals surface area contributed by atoms with Crippen LogP contribution in [-0.4, -0.2) is 26.5 Å². The van der Waals surface area contributed by atoms with Crippen LogP contribution in [0.15, 0.2) is 59.8 Å². The molecule has 2 rings (SSSR count). The van der Waals surface area contributed by atoms with Gasteiger partial charge in [-0.05, 0) is 37.2 Å². The van der Waals surface area contributed by atoms with E-state index in [4.69, 9.17) is 5.73 Å².